The van der Waals surface area contributed by atoms with Crippen molar-refractivity contribution in [2.45, 2.75) is 6.92 Å². The van der Waals surface area contributed by atoms with Gasteiger partial charge < -0.3 is 10.1 Å². The Morgan fingerprint density at radius 1 is 1.23 bits per heavy atom. The van der Waals surface area contributed by atoms with Crippen molar-refractivity contribution in [1.29, 1.82) is 0 Å². The summed E-state index contributed by atoms with van der Waals surface area (Å²) in [6.45, 7) is 1.87. The zero-order chi connectivity index (χ0) is 15.5. The van der Waals surface area contributed by atoms with Gasteiger partial charge in [0.1, 0.15) is 12.3 Å². The van der Waals surface area contributed by atoms with Crippen LogP contribution in [0.15, 0.2) is 48.5 Å². The molecule has 5 nitrogen and oxygen atoms in total. The van der Waals surface area contributed by atoms with Gasteiger partial charge in [-0.15, -0.1) is 0 Å². The largest absolute Gasteiger partial charge is 0.482 e. The van der Waals surface area contributed by atoms with Crippen LogP contribution >= 0.6 is 0 Å². The summed E-state index contributed by atoms with van der Waals surface area (Å²) in [5.74, 6) is 0.152. The van der Waals surface area contributed by atoms with E-state index in [1.807, 2.05) is 43.3 Å². The van der Waals surface area contributed by atoms with Crippen LogP contribution in [-0.2, 0) is 9.59 Å². The number of carbonyl (C=O) groups is 2. The number of ether oxygens (including phenoxy) is 1. The minimum atomic E-state index is -0.240. The van der Waals surface area contributed by atoms with E-state index in [-0.39, 0.29) is 25.0 Å². The summed E-state index contributed by atoms with van der Waals surface area (Å²) < 4.78 is 5.36. The first kappa shape index (κ1) is 14.1. The molecule has 0 fully saturated rings. The topological polar surface area (TPSA) is 58.6 Å². The molecule has 1 N–H and O–H groups in total. The predicted octanol–water partition coefficient (Wildman–Crippen LogP) is 2.36. The first-order valence-electron chi connectivity index (χ1n) is 7.02. The highest BCUT2D eigenvalue weighted by molar-refractivity contribution is 6.04. The van der Waals surface area contributed by atoms with Crippen molar-refractivity contribution in [2.24, 2.45) is 0 Å². The van der Waals surface area contributed by atoms with Gasteiger partial charge in [-0.05, 0) is 36.8 Å². The van der Waals surface area contributed by atoms with Crippen molar-refractivity contribution in [3.05, 3.63) is 54.1 Å². The standard InChI is InChI=1S/C17H16N2O3/c1-12-5-4-6-13(9-12)18-16(20)10-19-14-7-2-3-8-15(14)22-11-17(19)21/h2-9H,10-11H2,1H3,(H,18,20). The third-order valence-corrected chi connectivity index (χ3v) is 3.41. The fraction of sp³-hybridized carbons (Fsp3) is 0.176. The monoisotopic (exact) mass is 296 g/mol. The van der Waals surface area contributed by atoms with Gasteiger partial charge in [-0.25, -0.2) is 0 Å². The van der Waals surface area contributed by atoms with E-state index in [0.717, 1.165) is 11.3 Å². The van der Waals surface area contributed by atoms with Crippen LogP contribution in [0.1, 0.15) is 5.56 Å². The lowest BCUT2D eigenvalue weighted by molar-refractivity contribution is -0.123. The molecule has 0 spiro atoms. The van der Waals surface area contributed by atoms with Gasteiger partial charge in [0.05, 0.1) is 5.69 Å². The molecule has 112 valence electrons. The van der Waals surface area contributed by atoms with Gasteiger partial charge in [-0.2, -0.15) is 0 Å². The number of hydrogen-bond donors (Lipinski definition) is 1. The van der Waals surface area contributed by atoms with Crippen molar-refractivity contribution in [2.75, 3.05) is 23.4 Å². The highest BCUT2D eigenvalue weighted by Crippen LogP contribution is 2.31. The summed E-state index contributed by atoms with van der Waals surface area (Å²) in [5.41, 5.74) is 2.41. The molecule has 0 atom stereocenters. The van der Waals surface area contributed by atoms with Crippen molar-refractivity contribution < 1.29 is 14.3 Å². The van der Waals surface area contributed by atoms with E-state index in [0.29, 0.717) is 11.4 Å². The summed E-state index contributed by atoms with van der Waals surface area (Å²) in [6.07, 6.45) is 0. The lowest BCUT2D eigenvalue weighted by Gasteiger charge is -2.28. The SMILES string of the molecule is Cc1cccc(NC(=O)CN2C(=O)COc3ccccc32)c1. The van der Waals surface area contributed by atoms with Gasteiger partial charge in [-0.3, -0.25) is 14.5 Å². The molecular weight excluding hydrogens is 280 g/mol. The number of para-hydroxylation sites is 2. The predicted molar refractivity (Wildman–Crippen MR) is 84.1 cm³/mol. The van der Waals surface area contributed by atoms with Gasteiger partial charge >= 0.3 is 0 Å². The maximum absolute atomic E-state index is 12.2. The normalized spacial score (nSPS) is 13.3. The van der Waals surface area contributed by atoms with Crippen molar-refractivity contribution >= 4 is 23.2 Å². The van der Waals surface area contributed by atoms with Crippen LogP contribution in [-0.4, -0.2) is 25.0 Å². The average Bonchev–Trinajstić information content (AvgIpc) is 2.50. The van der Waals surface area contributed by atoms with Crippen LogP contribution in [0.25, 0.3) is 0 Å². The molecule has 1 aliphatic rings. The number of anilines is 2. The number of amides is 2. The zero-order valence-corrected chi connectivity index (χ0v) is 12.2. The third-order valence-electron chi connectivity index (χ3n) is 3.41. The maximum atomic E-state index is 12.2. The average molecular weight is 296 g/mol. The minimum Gasteiger partial charge on any atom is -0.482 e. The van der Waals surface area contributed by atoms with Crippen molar-refractivity contribution in [3.63, 3.8) is 0 Å². The lowest BCUT2D eigenvalue weighted by atomic mass is 10.2. The number of fused-ring (bicyclic) bond motifs is 1. The number of carbonyl (C=O) groups excluding carboxylic acids is 2. The molecule has 22 heavy (non-hydrogen) atoms. The summed E-state index contributed by atoms with van der Waals surface area (Å²) in [7, 11) is 0. The second-order valence-electron chi connectivity index (χ2n) is 5.15. The number of aryl methyl sites for hydroxylation is 1. The number of nitrogens with one attached hydrogen (secondary N) is 1. The molecule has 0 radical (unpaired) electrons. The van der Waals surface area contributed by atoms with Crippen LogP contribution < -0.4 is 15.0 Å². The van der Waals surface area contributed by atoms with Crippen molar-refractivity contribution in [1.82, 2.24) is 0 Å². The van der Waals surface area contributed by atoms with Crippen LogP contribution in [0.5, 0.6) is 5.75 Å². The van der Waals surface area contributed by atoms with E-state index >= 15 is 0 Å². The van der Waals surface area contributed by atoms with Crippen LogP contribution in [0.4, 0.5) is 11.4 Å². The fourth-order valence-electron chi connectivity index (χ4n) is 2.39. The van der Waals surface area contributed by atoms with Gasteiger partial charge in [0, 0.05) is 5.69 Å². The van der Waals surface area contributed by atoms with E-state index in [4.69, 9.17) is 4.74 Å². The van der Waals surface area contributed by atoms with Gasteiger partial charge in [0.2, 0.25) is 5.91 Å². The Morgan fingerprint density at radius 2 is 2.05 bits per heavy atom. The fourth-order valence-corrected chi connectivity index (χ4v) is 2.39. The Balaban J connectivity index is 1.75. The second kappa shape index (κ2) is 5.89. The molecule has 1 heterocycles. The van der Waals surface area contributed by atoms with E-state index in [1.165, 1.54) is 4.90 Å². The number of rotatable bonds is 3. The van der Waals surface area contributed by atoms with Crippen LogP contribution in [0, 0.1) is 6.92 Å². The molecule has 0 bridgehead atoms. The molecule has 0 saturated heterocycles. The summed E-state index contributed by atoms with van der Waals surface area (Å²) in [6, 6.07) is 14.7. The Hall–Kier alpha value is -2.82. The quantitative estimate of drug-likeness (QED) is 0.946. The van der Waals surface area contributed by atoms with Crippen molar-refractivity contribution in [3.8, 4) is 5.75 Å². The van der Waals surface area contributed by atoms with Crippen LogP contribution in [0.2, 0.25) is 0 Å². The molecule has 1 aliphatic heterocycles. The zero-order valence-electron chi connectivity index (χ0n) is 12.2. The Morgan fingerprint density at radius 3 is 2.86 bits per heavy atom. The van der Waals surface area contributed by atoms with E-state index in [1.54, 1.807) is 12.1 Å². The lowest BCUT2D eigenvalue weighted by Crippen LogP contribution is -2.43. The Labute approximate surface area is 128 Å². The third kappa shape index (κ3) is 2.93. The summed E-state index contributed by atoms with van der Waals surface area (Å²) >= 11 is 0. The molecule has 0 aliphatic carbocycles. The molecule has 0 aromatic heterocycles. The highest BCUT2D eigenvalue weighted by Gasteiger charge is 2.26. The second-order valence-corrected chi connectivity index (χ2v) is 5.15. The van der Waals surface area contributed by atoms with Crippen LogP contribution in [0.3, 0.4) is 0 Å². The number of nitrogens with zero attached hydrogens (tertiary/aromatic N) is 1. The van der Waals surface area contributed by atoms with Gasteiger partial charge in [0.25, 0.3) is 5.91 Å². The molecular formula is C17H16N2O3. The summed E-state index contributed by atoms with van der Waals surface area (Å²) in [4.78, 5) is 25.7. The first-order chi connectivity index (χ1) is 10.6. The smallest absolute Gasteiger partial charge is 0.265 e. The van der Waals surface area contributed by atoms with Gasteiger partial charge in [-0.1, -0.05) is 24.3 Å². The number of hydrogen-bond acceptors (Lipinski definition) is 3. The molecule has 2 aromatic rings. The van der Waals surface area contributed by atoms with E-state index in [9.17, 15) is 9.59 Å². The van der Waals surface area contributed by atoms with E-state index < -0.39 is 0 Å². The molecule has 2 amide bonds. The molecule has 0 saturated carbocycles. The first-order valence-corrected chi connectivity index (χ1v) is 7.02. The molecule has 2 aromatic carbocycles. The van der Waals surface area contributed by atoms with E-state index in [2.05, 4.69) is 5.32 Å². The number of benzene rings is 2. The molecule has 5 heteroatoms. The maximum Gasteiger partial charge on any atom is 0.265 e. The minimum absolute atomic E-state index is 0.0346. The Kier molecular flexibility index (Phi) is 3.78. The Bertz CT molecular complexity index is 727. The summed E-state index contributed by atoms with van der Waals surface area (Å²) in [5, 5.41) is 2.81. The highest BCUT2D eigenvalue weighted by atomic mass is 16.5. The molecule has 3 rings (SSSR count). The molecule has 0 unspecified atom stereocenters. The van der Waals surface area contributed by atoms with Gasteiger partial charge in [0.15, 0.2) is 6.61 Å².